The van der Waals surface area contributed by atoms with E-state index in [1.165, 1.54) is 32.0 Å². The molecule has 0 aliphatic carbocycles. The molecule has 0 fully saturated rings. The topological polar surface area (TPSA) is 89.8 Å². The van der Waals surface area contributed by atoms with Gasteiger partial charge in [-0.15, -0.1) is 0 Å². The van der Waals surface area contributed by atoms with Crippen molar-refractivity contribution in [3.05, 3.63) is 12.7 Å². The van der Waals surface area contributed by atoms with E-state index in [-0.39, 0.29) is 6.10 Å². The number of imidazole rings is 1. The molecular formula is C14H23N5O. The molecule has 2 heterocycles. The zero-order valence-electron chi connectivity index (χ0n) is 12.0. The lowest BCUT2D eigenvalue weighted by Crippen LogP contribution is -2.15. The highest BCUT2D eigenvalue weighted by molar-refractivity contribution is 5.81. The molecule has 0 aromatic carbocycles. The summed E-state index contributed by atoms with van der Waals surface area (Å²) in [6.45, 7) is 2.70. The van der Waals surface area contributed by atoms with Crippen molar-refractivity contribution in [1.29, 1.82) is 0 Å². The number of fused-ring (bicyclic) bond motifs is 1. The maximum absolute atomic E-state index is 10.1. The van der Waals surface area contributed by atoms with Gasteiger partial charge in [-0.05, 0) is 6.42 Å². The van der Waals surface area contributed by atoms with Gasteiger partial charge in [0.1, 0.15) is 11.8 Å². The Labute approximate surface area is 119 Å². The van der Waals surface area contributed by atoms with E-state index in [1.54, 1.807) is 6.33 Å². The van der Waals surface area contributed by atoms with Crippen LogP contribution in [0.4, 0.5) is 5.82 Å². The lowest BCUT2D eigenvalue weighted by atomic mass is 10.1. The van der Waals surface area contributed by atoms with E-state index in [2.05, 4.69) is 21.9 Å². The van der Waals surface area contributed by atoms with Gasteiger partial charge in [0.05, 0.1) is 19.0 Å². The van der Waals surface area contributed by atoms with Crippen LogP contribution in [0, 0.1) is 0 Å². The van der Waals surface area contributed by atoms with Crippen LogP contribution in [0.2, 0.25) is 0 Å². The summed E-state index contributed by atoms with van der Waals surface area (Å²) in [6.07, 6.45) is 9.54. The zero-order valence-corrected chi connectivity index (χ0v) is 12.0. The summed E-state index contributed by atoms with van der Waals surface area (Å²) in [5.74, 6) is 0.378. The fourth-order valence-electron chi connectivity index (χ4n) is 2.33. The molecule has 20 heavy (non-hydrogen) atoms. The van der Waals surface area contributed by atoms with Crippen LogP contribution in [-0.2, 0) is 6.54 Å². The average molecular weight is 277 g/mol. The number of nitrogens with two attached hydrogens (primary N) is 1. The van der Waals surface area contributed by atoms with Crippen molar-refractivity contribution in [1.82, 2.24) is 19.5 Å². The van der Waals surface area contributed by atoms with Crippen molar-refractivity contribution in [3.8, 4) is 0 Å². The van der Waals surface area contributed by atoms with E-state index in [9.17, 15) is 5.11 Å². The summed E-state index contributed by atoms with van der Waals surface area (Å²) in [5.41, 5.74) is 7.02. The Morgan fingerprint density at radius 2 is 2.00 bits per heavy atom. The van der Waals surface area contributed by atoms with E-state index < -0.39 is 0 Å². The predicted octanol–water partition coefficient (Wildman–Crippen LogP) is 2.13. The monoisotopic (exact) mass is 277 g/mol. The van der Waals surface area contributed by atoms with Gasteiger partial charge in [0.2, 0.25) is 0 Å². The number of anilines is 1. The molecule has 2 aromatic heterocycles. The first-order valence-electron chi connectivity index (χ1n) is 7.31. The molecule has 0 spiro atoms. The maximum Gasteiger partial charge on any atom is 0.165 e. The highest BCUT2D eigenvalue weighted by Crippen LogP contribution is 2.15. The lowest BCUT2D eigenvalue weighted by molar-refractivity contribution is 0.142. The van der Waals surface area contributed by atoms with Crippen LogP contribution in [0.3, 0.4) is 0 Å². The number of nitrogen functional groups attached to an aromatic ring is 1. The third-order valence-corrected chi connectivity index (χ3v) is 3.48. The van der Waals surface area contributed by atoms with Gasteiger partial charge in [-0.1, -0.05) is 39.0 Å². The highest BCUT2D eigenvalue weighted by Gasteiger charge is 2.11. The second kappa shape index (κ2) is 7.19. The Morgan fingerprint density at radius 3 is 2.80 bits per heavy atom. The van der Waals surface area contributed by atoms with E-state index in [4.69, 9.17) is 5.73 Å². The summed E-state index contributed by atoms with van der Waals surface area (Å²) in [5, 5.41) is 10.1. The fraction of sp³-hybridized carbons (Fsp3) is 0.643. The van der Waals surface area contributed by atoms with Crippen LogP contribution in [0.1, 0.15) is 45.4 Å². The number of hydrogen-bond donors (Lipinski definition) is 2. The SMILES string of the molecule is CCCCCCC[C@@H](O)Cn1cnc2c(N)ncnc21. The summed E-state index contributed by atoms with van der Waals surface area (Å²) < 4.78 is 1.84. The third-order valence-electron chi connectivity index (χ3n) is 3.48. The van der Waals surface area contributed by atoms with Gasteiger partial charge in [0.25, 0.3) is 0 Å². The van der Waals surface area contributed by atoms with E-state index in [1.807, 2.05) is 4.57 Å². The molecule has 6 heteroatoms. The van der Waals surface area contributed by atoms with Crippen LogP contribution in [0.5, 0.6) is 0 Å². The third kappa shape index (κ3) is 3.66. The molecule has 0 radical (unpaired) electrons. The van der Waals surface area contributed by atoms with Crippen LogP contribution in [-0.4, -0.2) is 30.7 Å². The minimum atomic E-state index is -0.370. The van der Waals surface area contributed by atoms with Crippen LogP contribution < -0.4 is 5.73 Å². The number of rotatable bonds is 8. The molecule has 1 atom stereocenters. The first kappa shape index (κ1) is 14.7. The summed E-state index contributed by atoms with van der Waals surface area (Å²) in [4.78, 5) is 12.3. The molecular weight excluding hydrogens is 254 g/mol. The molecule has 3 N–H and O–H groups in total. The Morgan fingerprint density at radius 1 is 1.20 bits per heavy atom. The Bertz CT molecular complexity index is 539. The summed E-state index contributed by atoms with van der Waals surface area (Å²) in [6, 6.07) is 0. The van der Waals surface area contributed by atoms with Gasteiger partial charge in [-0.3, -0.25) is 0 Å². The van der Waals surface area contributed by atoms with Crippen molar-refractivity contribution in [3.63, 3.8) is 0 Å². The number of aromatic nitrogens is 4. The van der Waals surface area contributed by atoms with Gasteiger partial charge in [0.15, 0.2) is 11.5 Å². The minimum Gasteiger partial charge on any atom is -0.391 e. The van der Waals surface area contributed by atoms with Crippen molar-refractivity contribution >= 4 is 17.0 Å². The zero-order chi connectivity index (χ0) is 14.4. The van der Waals surface area contributed by atoms with Gasteiger partial charge in [-0.25, -0.2) is 15.0 Å². The minimum absolute atomic E-state index is 0.370. The fourth-order valence-corrected chi connectivity index (χ4v) is 2.33. The number of unbranched alkanes of at least 4 members (excludes halogenated alkanes) is 4. The van der Waals surface area contributed by atoms with Gasteiger partial charge in [-0.2, -0.15) is 0 Å². The van der Waals surface area contributed by atoms with Crippen molar-refractivity contribution in [2.75, 3.05) is 5.73 Å². The number of nitrogens with zero attached hydrogens (tertiary/aromatic N) is 4. The molecule has 0 aliphatic rings. The molecule has 2 rings (SSSR count). The van der Waals surface area contributed by atoms with Gasteiger partial charge < -0.3 is 15.4 Å². The molecule has 0 amide bonds. The van der Waals surface area contributed by atoms with Gasteiger partial charge >= 0.3 is 0 Å². The molecule has 0 bridgehead atoms. The molecule has 0 saturated carbocycles. The molecule has 0 unspecified atom stereocenters. The quantitative estimate of drug-likeness (QED) is 0.721. The first-order valence-corrected chi connectivity index (χ1v) is 7.31. The molecule has 0 aliphatic heterocycles. The second-order valence-electron chi connectivity index (χ2n) is 5.18. The van der Waals surface area contributed by atoms with E-state index >= 15 is 0 Å². The summed E-state index contributed by atoms with van der Waals surface area (Å²) in [7, 11) is 0. The Kier molecular flexibility index (Phi) is 5.29. The smallest absolute Gasteiger partial charge is 0.165 e. The normalized spacial score (nSPS) is 12.9. The molecule has 110 valence electrons. The average Bonchev–Trinajstić information content (AvgIpc) is 2.83. The Hall–Kier alpha value is -1.69. The molecule has 2 aromatic rings. The number of aliphatic hydroxyl groups is 1. The standard InChI is InChI=1S/C14H23N5O/c1-2-3-4-5-6-7-11(20)8-19-10-18-12-13(15)16-9-17-14(12)19/h9-11,20H,2-8H2,1H3,(H2,15,16,17)/t11-/m1/s1. The van der Waals surface area contributed by atoms with E-state index in [0.29, 0.717) is 23.5 Å². The predicted molar refractivity (Wildman–Crippen MR) is 79.1 cm³/mol. The van der Waals surface area contributed by atoms with Crippen LogP contribution in [0.25, 0.3) is 11.2 Å². The van der Waals surface area contributed by atoms with Crippen molar-refractivity contribution in [2.24, 2.45) is 0 Å². The number of aliphatic hydroxyl groups excluding tert-OH is 1. The molecule has 0 saturated heterocycles. The van der Waals surface area contributed by atoms with Crippen LogP contribution in [0.15, 0.2) is 12.7 Å². The summed E-state index contributed by atoms with van der Waals surface area (Å²) >= 11 is 0. The first-order chi connectivity index (χ1) is 9.72. The lowest BCUT2D eigenvalue weighted by Gasteiger charge is -2.11. The highest BCUT2D eigenvalue weighted by atomic mass is 16.3. The van der Waals surface area contributed by atoms with E-state index in [0.717, 1.165) is 12.8 Å². The second-order valence-corrected chi connectivity index (χ2v) is 5.18. The molecule has 6 nitrogen and oxygen atoms in total. The number of hydrogen-bond acceptors (Lipinski definition) is 5. The van der Waals surface area contributed by atoms with Crippen molar-refractivity contribution < 1.29 is 5.11 Å². The Balaban J connectivity index is 1.87. The maximum atomic E-state index is 10.1. The van der Waals surface area contributed by atoms with Crippen molar-refractivity contribution in [2.45, 2.75) is 58.1 Å². The largest absolute Gasteiger partial charge is 0.391 e. The van der Waals surface area contributed by atoms with Crippen LogP contribution >= 0.6 is 0 Å². The van der Waals surface area contributed by atoms with Gasteiger partial charge in [0, 0.05) is 0 Å².